The van der Waals surface area contributed by atoms with Gasteiger partial charge in [-0.2, -0.15) is 0 Å². The zero-order chi connectivity index (χ0) is 35.4. The van der Waals surface area contributed by atoms with Crippen LogP contribution in [0.5, 0.6) is 5.75 Å². The molecule has 0 radical (unpaired) electrons. The molecule has 8 atom stereocenters. The first-order chi connectivity index (χ1) is 24.1. The van der Waals surface area contributed by atoms with E-state index in [1.54, 1.807) is 32.4 Å². The van der Waals surface area contributed by atoms with Crippen molar-refractivity contribution in [1.82, 2.24) is 9.71 Å². The normalized spacial score (nSPS) is 30.5. The molecule has 268 valence electrons. The molecule has 1 fully saturated rings. The van der Waals surface area contributed by atoms with E-state index in [2.05, 4.69) is 45.8 Å². The van der Waals surface area contributed by atoms with E-state index in [1.165, 1.54) is 11.1 Å². The Morgan fingerprint density at radius 3 is 2.70 bits per heavy atom. The summed E-state index contributed by atoms with van der Waals surface area (Å²) in [6.07, 6.45) is 11.9. The zero-order valence-corrected chi connectivity index (χ0v) is 31.1. The summed E-state index contributed by atoms with van der Waals surface area (Å²) in [6, 6.07) is 17.4. The van der Waals surface area contributed by atoms with Gasteiger partial charge in [0, 0.05) is 42.4 Å². The van der Waals surface area contributed by atoms with Gasteiger partial charge in [0.2, 0.25) is 0 Å². The number of aliphatic hydroxyl groups excluding tert-OH is 1. The predicted molar refractivity (Wildman–Crippen MR) is 200 cm³/mol. The fourth-order valence-electron chi connectivity index (χ4n) is 7.88. The van der Waals surface area contributed by atoms with Crippen LogP contribution in [0.15, 0.2) is 72.9 Å². The molecule has 7 rings (SSSR count). The highest BCUT2D eigenvalue weighted by Crippen LogP contribution is 2.47. The monoisotopic (exact) mass is 719 g/mol. The minimum atomic E-state index is -1.50. The molecule has 10 heteroatoms. The average molecular weight is 720 g/mol. The van der Waals surface area contributed by atoms with Gasteiger partial charge in [-0.3, -0.25) is 14.5 Å². The van der Waals surface area contributed by atoms with Gasteiger partial charge in [-0.05, 0) is 124 Å². The fraction of sp³-hybridized carbons (Fsp3) is 0.500. The molecule has 2 aliphatic carbocycles. The number of aromatic nitrogens is 1. The number of amides is 1. The number of pyridine rings is 1. The minimum absolute atomic E-state index is 0.0508. The van der Waals surface area contributed by atoms with Crippen LogP contribution in [0.1, 0.15) is 86.2 Å². The fourth-order valence-corrected chi connectivity index (χ4v) is 9.10. The van der Waals surface area contributed by atoms with Crippen molar-refractivity contribution in [2.24, 2.45) is 17.8 Å². The molecule has 8 nitrogen and oxygen atoms in total. The summed E-state index contributed by atoms with van der Waals surface area (Å²) < 4.78 is 28.5. The summed E-state index contributed by atoms with van der Waals surface area (Å²) in [7, 11) is 0.305. The minimum Gasteiger partial charge on any atom is -0.490 e. The molecule has 3 heterocycles. The number of hydrogen-bond donors (Lipinski definition) is 2. The molecule has 2 aliphatic heterocycles. The van der Waals surface area contributed by atoms with Crippen molar-refractivity contribution in [3.8, 4) is 5.75 Å². The van der Waals surface area contributed by atoms with Gasteiger partial charge in [-0.1, -0.05) is 42.8 Å². The van der Waals surface area contributed by atoms with E-state index in [1.807, 2.05) is 37.3 Å². The standard InChI is InChI=1S/C33H41ClN2O4S.C7H9NO/c1-21-6-4-8-30(39-3)27-12-9-25(27)18-36-19-33(15-5-7-23-16-26(34)11-13-28(23)33)20-40-31-14-10-24(17-29(31)36)32(37)35-41(38)22(21)2;1-6(9)7-4-2-3-5-8-7/h4,8,10-11,13-14,16-17,21-22,25,27,30H,5-7,9,12,15,18-20H2,1-3H3,(H,35,37);2-6,9H,1H3/b8-4+;/t21?,22?,25?,27?,30?,33-,41?;/m0./s1. The quantitative estimate of drug-likeness (QED) is 0.267. The van der Waals surface area contributed by atoms with Crippen LogP contribution in [-0.2, 0) is 27.6 Å². The number of nitrogens with one attached hydrogen (secondary N) is 1. The van der Waals surface area contributed by atoms with Crippen LogP contribution in [0.3, 0.4) is 0 Å². The Morgan fingerprint density at radius 1 is 1.16 bits per heavy atom. The van der Waals surface area contributed by atoms with Crippen LogP contribution in [0.4, 0.5) is 5.69 Å². The first-order valence-electron chi connectivity index (χ1n) is 17.9. The number of anilines is 1. The number of aryl methyl sites for hydroxylation is 1. The Hall–Kier alpha value is -3.24. The Bertz CT molecular complexity index is 1700. The van der Waals surface area contributed by atoms with Gasteiger partial charge in [0.25, 0.3) is 5.91 Å². The van der Waals surface area contributed by atoms with Gasteiger partial charge >= 0.3 is 0 Å². The van der Waals surface area contributed by atoms with Crippen molar-refractivity contribution in [3.63, 3.8) is 0 Å². The molecule has 2 N–H and O–H groups in total. The predicted octanol–water partition coefficient (Wildman–Crippen LogP) is 7.37. The van der Waals surface area contributed by atoms with Crippen LogP contribution >= 0.6 is 11.6 Å². The van der Waals surface area contributed by atoms with E-state index in [4.69, 9.17) is 26.2 Å². The van der Waals surface area contributed by atoms with Crippen LogP contribution in [-0.4, -0.2) is 58.4 Å². The Balaban J connectivity index is 0.000000419. The lowest BCUT2D eigenvalue weighted by Gasteiger charge is -2.46. The number of rotatable bonds is 2. The van der Waals surface area contributed by atoms with Crippen LogP contribution < -0.4 is 14.4 Å². The van der Waals surface area contributed by atoms with Gasteiger partial charge in [0.1, 0.15) is 16.7 Å². The third kappa shape index (κ3) is 7.96. The number of benzene rings is 2. The van der Waals surface area contributed by atoms with Gasteiger partial charge in [0.15, 0.2) is 0 Å². The van der Waals surface area contributed by atoms with Gasteiger partial charge in [-0.25, -0.2) is 4.21 Å². The largest absolute Gasteiger partial charge is 0.490 e. The summed E-state index contributed by atoms with van der Waals surface area (Å²) in [6.45, 7) is 7.96. The van der Waals surface area contributed by atoms with E-state index in [-0.39, 0.29) is 28.6 Å². The molecule has 50 heavy (non-hydrogen) atoms. The van der Waals surface area contributed by atoms with Crippen LogP contribution in [0.2, 0.25) is 5.02 Å². The van der Waals surface area contributed by atoms with Crippen molar-refractivity contribution in [2.75, 3.05) is 31.7 Å². The van der Waals surface area contributed by atoms with Crippen molar-refractivity contribution in [1.29, 1.82) is 0 Å². The maximum Gasteiger partial charge on any atom is 0.263 e. The molecule has 4 aliphatic rings. The number of nitrogens with zero attached hydrogens (tertiary/aromatic N) is 2. The summed E-state index contributed by atoms with van der Waals surface area (Å²) in [5, 5.41) is 9.55. The van der Waals surface area contributed by atoms with E-state index >= 15 is 0 Å². The Kier molecular flexibility index (Phi) is 11.7. The third-order valence-corrected chi connectivity index (χ3v) is 13.0. The maximum atomic E-state index is 13.3. The van der Waals surface area contributed by atoms with E-state index in [0.717, 1.165) is 73.8 Å². The van der Waals surface area contributed by atoms with Crippen molar-refractivity contribution >= 4 is 34.2 Å². The van der Waals surface area contributed by atoms with Gasteiger partial charge < -0.3 is 19.5 Å². The van der Waals surface area contributed by atoms with E-state index in [9.17, 15) is 9.00 Å². The number of aliphatic hydroxyl groups is 1. The molecular formula is C40H50ClN3O5S. The van der Waals surface area contributed by atoms with Crippen molar-refractivity contribution in [2.45, 2.75) is 82.2 Å². The number of halogens is 1. The smallest absolute Gasteiger partial charge is 0.263 e. The van der Waals surface area contributed by atoms with Crippen molar-refractivity contribution < 1.29 is 23.6 Å². The third-order valence-electron chi connectivity index (χ3n) is 11.2. The number of fused-ring (bicyclic) bond motifs is 4. The molecule has 2 bridgehead atoms. The Labute approximate surface area is 304 Å². The molecule has 1 saturated carbocycles. The van der Waals surface area contributed by atoms with Crippen LogP contribution in [0, 0.1) is 17.8 Å². The summed E-state index contributed by atoms with van der Waals surface area (Å²) >= 11 is 6.41. The first-order valence-corrected chi connectivity index (χ1v) is 19.5. The molecule has 1 aromatic heterocycles. The number of carbonyl (C=O) groups excluding carboxylic acids is 1. The Morgan fingerprint density at radius 2 is 2.00 bits per heavy atom. The lowest BCUT2D eigenvalue weighted by atomic mass is 9.68. The number of carbonyl (C=O) groups is 1. The van der Waals surface area contributed by atoms with Crippen LogP contribution in [0.25, 0.3) is 0 Å². The first kappa shape index (κ1) is 36.5. The summed E-state index contributed by atoms with van der Waals surface area (Å²) in [5.41, 5.74) is 4.62. The maximum absolute atomic E-state index is 13.3. The second-order valence-electron chi connectivity index (χ2n) is 14.5. The highest BCUT2D eigenvalue weighted by molar-refractivity contribution is 7.84. The molecular weight excluding hydrogens is 670 g/mol. The molecule has 7 unspecified atom stereocenters. The second-order valence-corrected chi connectivity index (χ2v) is 16.5. The van der Waals surface area contributed by atoms with E-state index in [0.29, 0.717) is 24.0 Å². The molecule has 0 saturated heterocycles. The number of ether oxygens (including phenoxy) is 2. The SMILES string of the molecule is CC(O)c1ccccn1.COC1/C=C/CC(C)C(C)S(=O)NC(=O)c2ccc3c(c2)N(CC2CCC21)C[C@@]1(CCCc2cc(Cl)ccc21)CO3. The molecule has 1 spiro atoms. The summed E-state index contributed by atoms with van der Waals surface area (Å²) in [4.78, 5) is 19.7. The summed E-state index contributed by atoms with van der Waals surface area (Å²) in [5.74, 6) is 1.53. The lowest BCUT2D eigenvalue weighted by Crippen LogP contribution is -2.49. The average Bonchev–Trinajstić information content (AvgIpc) is 3.26. The highest BCUT2D eigenvalue weighted by atomic mass is 35.5. The number of allylic oxidation sites excluding steroid dienone is 1. The topological polar surface area (TPSA) is 101 Å². The molecule has 2 aromatic carbocycles. The second kappa shape index (κ2) is 16.0. The lowest BCUT2D eigenvalue weighted by molar-refractivity contribution is 0.0131. The highest BCUT2D eigenvalue weighted by Gasteiger charge is 2.44. The van der Waals surface area contributed by atoms with Crippen molar-refractivity contribution in [3.05, 3.63) is 100 Å². The molecule has 1 amide bonds. The van der Waals surface area contributed by atoms with E-state index < -0.39 is 17.1 Å². The zero-order valence-electron chi connectivity index (χ0n) is 29.5. The van der Waals surface area contributed by atoms with Gasteiger partial charge in [0.05, 0.1) is 35.4 Å². The molecule has 3 aromatic rings. The number of hydrogen-bond acceptors (Lipinski definition) is 7. The van der Waals surface area contributed by atoms with Gasteiger partial charge in [-0.15, -0.1) is 0 Å². The number of methoxy groups -OCH3 is 1.